The van der Waals surface area contributed by atoms with Crippen molar-refractivity contribution in [2.75, 3.05) is 26.7 Å². The molecule has 3 rings (SSSR count). The Kier molecular flexibility index (Phi) is 8.90. The van der Waals surface area contributed by atoms with E-state index in [0.29, 0.717) is 31.0 Å². The lowest BCUT2D eigenvalue weighted by Gasteiger charge is -2.32. The lowest BCUT2D eigenvalue weighted by molar-refractivity contribution is -0.119. The molecule has 0 radical (unpaired) electrons. The summed E-state index contributed by atoms with van der Waals surface area (Å²) in [4.78, 5) is 21.7. The van der Waals surface area contributed by atoms with Crippen LogP contribution in [0.15, 0.2) is 39.9 Å². The molecule has 1 fully saturated rings. The summed E-state index contributed by atoms with van der Waals surface area (Å²) in [6.45, 7) is 4.52. The highest BCUT2D eigenvalue weighted by Gasteiger charge is 2.21. The average Bonchev–Trinajstić information content (AvgIpc) is 3.15. The van der Waals surface area contributed by atoms with Gasteiger partial charge in [-0.15, -0.1) is 24.0 Å². The number of oxazole rings is 1. The summed E-state index contributed by atoms with van der Waals surface area (Å²) in [6.07, 6.45) is 3.61. The third kappa shape index (κ3) is 7.00. The van der Waals surface area contributed by atoms with Crippen LogP contribution in [0.2, 0.25) is 0 Å². The quantitative estimate of drug-likeness (QED) is 0.310. The molecule has 1 aromatic carbocycles. The van der Waals surface area contributed by atoms with E-state index in [2.05, 4.69) is 44.6 Å². The van der Waals surface area contributed by atoms with Gasteiger partial charge in [0.1, 0.15) is 0 Å². The zero-order valence-electron chi connectivity index (χ0n) is 16.9. The Bertz CT molecular complexity index is 813. The molecule has 0 spiro atoms. The molecule has 0 atom stereocenters. The Morgan fingerprint density at radius 3 is 2.62 bits per heavy atom. The summed E-state index contributed by atoms with van der Waals surface area (Å²) in [5.41, 5.74) is 7.48. The van der Waals surface area contributed by atoms with E-state index in [9.17, 15) is 4.79 Å². The van der Waals surface area contributed by atoms with E-state index in [0.717, 1.165) is 37.3 Å². The van der Waals surface area contributed by atoms with Gasteiger partial charge in [0.05, 0.1) is 19.3 Å². The van der Waals surface area contributed by atoms with Gasteiger partial charge in [0.15, 0.2) is 11.7 Å². The van der Waals surface area contributed by atoms with Crippen LogP contribution in [0, 0.1) is 6.92 Å². The first-order chi connectivity index (χ1) is 13.5. The Morgan fingerprint density at radius 1 is 1.31 bits per heavy atom. The van der Waals surface area contributed by atoms with Crippen LogP contribution in [0.4, 0.5) is 0 Å². The van der Waals surface area contributed by atoms with Gasteiger partial charge in [0.25, 0.3) is 0 Å². The lowest BCUT2D eigenvalue weighted by atomic mass is 10.1. The third-order valence-electron chi connectivity index (χ3n) is 4.83. The molecule has 1 saturated heterocycles. The van der Waals surface area contributed by atoms with Crippen molar-refractivity contribution in [3.05, 3.63) is 41.9 Å². The molecular formula is C20H29IN6O2. The Hall–Kier alpha value is -2.14. The number of piperidine rings is 1. The van der Waals surface area contributed by atoms with E-state index >= 15 is 0 Å². The normalized spacial score (nSPS) is 15.6. The van der Waals surface area contributed by atoms with Crippen molar-refractivity contribution in [1.82, 2.24) is 20.5 Å². The van der Waals surface area contributed by atoms with Crippen molar-refractivity contribution in [2.45, 2.75) is 32.4 Å². The van der Waals surface area contributed by atoms with Gasteiger partial charge in [0.2, 0.25) is 11.8 Å². The molecule has 0 unspecified atom stereocenters. The number of halogens is 1. The van der Waals surface area contributed by atoms with Gasteiger partial charge in [-0.2, -0.15) is 0 Å². The number of aryl methyl sites for hydroxylation is 1. The van der Waals surface area contributed by atoms with Crippen LogP contribution < -0.4 is 16.4 Å². The van der Waals surface area contributed by atoms with Gasteiger partial charge in [-0.3, -0.25) is 14.7 Å². The number of aromatic nitrogens is 1. The van der Waals surface area contributed by atoms with Crippen molar-refractivity contribution in [1.29, 1.82) is 0 Å². The van der Waals surface area contributed by atoms with Crippen LogP contribution in [0.5, 0.6) is 0 Å². The van der Waals surface area contributed by atoms with Gasteiger partial charge < -0.3 is 20.8 Å². The van der Waals surface area contributed by atoms with Gasteiger partial charge in [-0.05, 0) is 19.8 Å². The van der Waals surface area contributed by atoms with Gasteiger partial charge in [-0.25, -0.2) is 4.98 Å². The van der Waals surface area contributed by atoms with Gasteiger partial charge in [0, 0.05) is 31.7 Å². The molecule has 4 N–H and O–H groups in total. The van der Waals surface area contributed by atoms with E-state index in [-0.39, 0.29) is 29.9 Å². The van der Waals surface area contributed by atoms with Crippen LogP contribution in [0.1, 0.15) is 24.3 Å². The minimum atomic E-state index is -0.278. The molecule has 29 heavy (non-hydrogen) atoms. The third-order valence-corrected chi connectivity index (χ3v) is 4.83. The second kappa shape index (κ2) is 11.1. The molecule has 0 saturated carbocycles. The number of nitrogens with two attached hydrogens (primary N) is 1. The summed E-state index contributed by atoms with van der Waals surface area (Å²) < 4.78 is 5.84. The monoisotopic (exact) mass is 512 g/mol. The predicted octanol–water partition coefficient (Wildman–Crippen LogP) is 1.88. The van der Waals surface area contributed by atoms with Crippen molar-refractivity contribution in [3.8, 4) is 11.3 Å². The number of guanidine groups is 1. The first-order valence-corrected chi connectivity index (χ1v) is 9.53. The molecule has 2 heterocycles. The fourth-order valence-electron chi connectivity index (χ4n) is 3.25. The van der Waals surface area contributed by atoms with E-state index in [1.54, 1.807) is 13.2 Å². The Labute approximate surface area is 188 Å². The minimum absolute atomic E-state index is 0. The van der Waals surface area contributed by atoms with Crippen molar-refractivity contribution < 1.29 is 9.21 Å². The maximum absolute atomic E-state index is 11.0. The lowest BCUT2D eigenvalue weighted by Crippen LogP contribution is -2.49. The van der Waals surface area contributed by atoms with Gasteiger partial charge in [-0.1, -0.05) is 29.8 Å². The maximum Gasteiger partial charge on any atom is 0.231 e. The number of carbonyl (C=O) groups excluding carboxylic acids is 1. The summed E-state index contributed by atoms with van der Waals surface area (Å²) >= 11 is 0. The van der Waals surface area contributed by atoms with Crippen molar-refractivity contribution in [2.24, 2.45) is 10.7 Å². The summed E-state index contributed by atoms with van der Waals surface area (Å²) in [6, 6.07) is 8.46. The number of amides is 1. The molecule has 158 valence electrons. The average molecular weight is 512 g/mol. The second-order valence-corrected chi connectivity index (χ2v) is 7.07. The number of hydrogen-bond acceptors (Lipinski definition) is 5. The number of rotatable bonds is 6. The number of nitrogens with zero attached hydrogens (tertiary/aromatic N) is 3. The molecule has 1 aliphatic heterocycles. The highest BCUT2D eigenvalue weighted by molar-refractivity contribution is 14.0. The first-order valence-electron chi connectivity index (χ1n) is 9.53. The highest BCUT2D eigenvalue weighted by atomic mass is 127. The number of carbonyl (C=O) groups is 1. The van der Waals surface area contributed by atoms with E-state index in [1.165, 1.54) is 5.56 Å². The highest BCUT2D eigenvalue weighted by Crippen LogP contribution is 2.20. The van der Waals surface area contributed by atoms with Gasteiger partial charge >= 0.3 is 0 Å². The second-order valence-electron chi connectivity index (χ2n) is 7.07. The number of benzene rings is 1. The minimum Gasteiger partial charge on any atom is -0.439 e. The van der Waals surface area contributed by atoms with Crippen LogP contribution >= 0.6 is 24.0 Å². The van der Waals surface area contributed by atoms with E-state index < -0.39 is 0 Å². The number of likely N-dealkylation sites (tertiary alicyclic amines) is 1. The van der Waals surface area contributed by atoms with Crippen molar-refractivity contribution >= 4 is 35.8 Å². The largest absolute Gasteiger partial charge is 0.439 e. The van der Waals surface area contributed by atoms with E-state index in [4.69, 9.17) is 10.2 Å². The fourth-order valence-corrected chi connectivity index (χ4v) is 3.25. The van der Waals surface area contributed by atoms with E-state index in [1.807, 2.05) is 12.1 Å². The molecule has 1 aromatic heterocycles. The van der Waals surface area contributed by atoms with Crippen LogP contribution in [0.3, 0.4) is 0 Å². The molecule has 1 aliphatic rings. The molecule has 1 amide bonds. The summed E-state index contributed by atoms with van der Waals surface area (Å²) in [7, 11) is 1.74. The number of primary amides is 1. The van der Waals surface area contributed by atoms with Crippen molar-refractivity contribution in [3.63, 3.8) is 0 Å². The smallest absolute Gasteiger partial charge is 0.231 e. The fraction of sp³-hybridized carbons (Fsp3) is 0.450. The number of nitrogens with one attached hydrogen (secondary N) is 2. The predicted molar refractivity (Wildman–Crippen MR) is 124 cm³/mol. The first kappa shape index (κ1) is 23.1. The Morgan fingerprint density at radius 2 is 2.00 bits per heavy atom. The summed E-state index contributed by atoms with van der Waals surface area (Å²) in [5.74, 6) is 1.79. The number of aliphatic imine (C=N–C) groups is 1. The SMILES string of the molecule is CN=C(NCc1ncc(-c2ccc(C)cc2)o1)NC1CCN(CC(N)=O)CC1.I. The van der Waals surface area contributed by atoms with Crippen LogP contribution in [-0.4, -0.2) is 54.5 Å². The zero-order valence-corrected chi connectivity index (χ0v) is 19.2. The van der Waals surface area contributed by atoms with Crippen LogP contribution in [-0.2, 0) is 11.3 Å². The maximum atomic E-state index is 11.0. The zero-order chi connectivity index (χ0) is 19.9. The Balaban J connectivity index is 0.00000300. The standard InChI is InChI=1S/C20H28N6O2.HI/c1-14-3-5-15(6-4-14)17-11-23-19(28-17)12-24-20(22-2)25-16-7-9-26(10-8-16)13-18(21)27;/h3-6,11,16H,7-10,12-13H2,1-2H3,(H2,21,27)(H2,22,24,25);1H. The molecule has 2 aromatic rings. The molecular weight excluding hydrogens is 483 g/mol. The molecule has 0 bridgehead atoms. The molecule has 0 aliphatic carbocycles. The topological polar surface area (TPSA) is 109 Å². The summed E-state index contributed by atoms with van der Waals surface area (Å²) in [5, 5.41) is 6.67. The van der Waals surface area contributed by atoms with Crippen LogP contribution in [0.25, 0.3) is 11.3 Å². The molecule has 8 nitrogen and oxygen atoms in total. The molecule has 9 heteroatoms. The number of hydrogen-bond donors (Lipinski definition) is 3.